The zero-order valence-corrected chi connectivity index (χ0v) is 16.9. The van der Waals surface area contributed by atoms with Crippen molar-refractivity contribution in [1.82, 2.24) is 9.47 Å². The molecular weight excluding hydrogens is 389 g/mol. The van der Waals surface area contributed by atoms with Crippen LogP contribution in [0.2, 0.25) is 0 Å². The molecule has 0 spiro atoms. The Morgan fingerprint density at radius 2 is 1.97 bits per heavy atom. The van der Waals surface area contributed by atoms with Crippen LogP contribution in [0.3, 0.4) is 0 Å². The first kappa shape index (κ1) is 20.2. The van der Waals surface area contributed by atoms with Crippen LogP contribution in [0.1, 0.15) is 12.0 Å². The molecule has 7 nitrogen and oxygen atoms in total. The van der Waals surface area contributed by atoms with Crippen LogP contribution in [0.5, 0.6) is 5.75 Å². The van der Waals surface area contributed by atoms with Gasteiger partial charge in [0.25, 0.3) is 0 Å². The Balaban J connectivity index is 1.32. The second-order valence-electron chi connectivity index (χ2n) is 7.50. The molecule has 0 unspecified atom stereocenters. The molecule has 0 bridgehead atoms. The number of aryl methyl sites for hydroxylation is 1. The predicted octanol–water partition coefficient (Wildman–Crippen LogP) is 1.06. The third-order valence-electron chi connectivity index (χ3n) is 5.63. The summed E-state index contributed by atoms with van der Waals surface area (Å²) in [6.07, 6.45) is 0.247. The summed E-state index contributed by atoms with van der Waals surface area (Å²) in [7, 11) is 1.58. The number of amides is 1. The van der Waals surface area contributed by atoms with Crippen LogP contribution < -0.4 is 15.4 Å². The van der Waals surface area contributed by atoms with Crippen LogP contribution in [0.25, 0.3) is 11.1 Å². The summed E-state index contributed by atoms with van der Waals surface area (Å²) in [5, 5.41) is 0. The Kier molecular flexibility index (Phi) is 5.85. The summed E-state index contributed by atoms with van der Waals surface area (Å²) >= 11 is 0. The number of carbonyl (C=O) groups is 1. The second kappa shape index (κ2) is 8.71. The number of piperazine rings is 1. The minimum absolute atomic E-state index is 0.0227. The van der Waals surface area contributed by atoms with E-state index in [9.17, 15) is 14.0 Å². The molecule has 0 saturated carbocycles. The van der Waals surface area contributed by atoms with Crippen molar-refractivity contribution in [3.8, 4) is 5.75 Å². The molecule has 1 aliphatic rings. The molecule has 1 amide bonds. The first-order chi connectivity index (χ1) is 14.5. The Morgan fingerprint density at radius 1 is 1.20 bits per heavy atom. The van der Waals surface area contributed by atoms with Gasteiger partial charge in [-0.2, -0.15) is 0 Å². The molecule has 0 atom stereocenters. The van der Waals surface area contributed by atoms with Crippen molar-refractivity contribution in [1.29, 1.82) is 0 Å². The fourth-order valence-corrected chi connectivity index (χ4v) is 4.00. The molecule has 4 rings (SSSR count). The summed E-state index contributed by atoms with van der Waals surface area (Å²) in [5.41, 5.74) is 2.06. The number of quaternary nitrogens is 1. The van der Waals surface area contributed by atoms with E-state index in [2.05, 4.69) is 0 Å². The van der Waals surface area contributed by atoms with E-state index in [-0.39, 0.29) is 18.1 Å². The maximum absolute atomic E-state index is 13.6. The maximum atomic E-state index is 13.6. The third kappa shape index (κ3) is 4.23. The number of nitrogens with one attached hydrogen (secondary N) is 1. The zero-order chi connectivity index (χ0) is 21.1. The number of oxazole rings is 1. The molecule has 2 heterocycles. The molecule has 8 heteroatoms. The highest BCUT2D eigenvalue weighted by Crippen LogP contribution is 2.18. The Bertz CT molecular complexity index is 1100. The molecule has 30 heavy (non-hydrogen) atoms. The number of aromatic nitrogens is 1. The van der Waals surface area contributed by atoms with Gasteiger partial charge in [-0.25, -0.2) is 9.18 Å². The SMILES string of the molecule is COc1ccc(F)cc1C[NH+]1CCN(C(=O)CCn2c(=O)oc3ccccc32)CC1. The van der Waals surface area contributed by atoms with E-state index in [1.54, 1.807) is 19.2 Å². The Hall–Kier alpha value is -3.13. The van der Waals surface area contributed by atoms with Crippen molar-refractivity contribution < 1.29 is 23.2 Å². The van der Waals surface area contributed by atoms with E-state index in [1.807, 2.05) is 23.1 Å². The molecule has 1 fully saturated rings. The number of nitrogens with zero attached hydrogens (tertiary/aromatic N) is 2. The average Bonchev–Trinajstić information content (AvgIpc) is 3.07. The number of fused-ring (bicyclic) bond motifs is 1. The number of halogens is 1. The van der Waals surface area contributed by atoms with E-state index in [1.165, 1.54) is 21.6 Å². The lowest BCUT2D eigenvalue weighted by Crippen LogP contribution is -3.13. The first-order valence-corrected chi connectivity index (χ1v) is 10.1. The third-order valence-corrected chi connectivity index (χ3v) is 5.63. The highest BCUT2D eigenvalue weighted by atomic mass is 19.1. The van der Waals surface area contributed by atoms with E-state index in [0.29, 0.717) is 43.0 Å². The summed E-state index contributed by atoms with van der Waals surface area (Å²) in [4.78, 5) is 27.8. The molecule has 0 aliphatic carbocycles. The fraction of sp³-hybridized carbons (Fsp3) is 0.364. The highest BCUT2D eigenvalue weighted by Gasteiger charge is 2.25. The van der Waals surface area contributed by atoms with Gasteiger partial charge in [-0.1, -0.05) is 12.1 Å². The van der Waals surface area contributed by atoms with Crippen molar-refractivity contribution in [2.45, 2.75) is 19.5 Å². The molecule has 1 N–H and O–H groups in total. The van der Waals surface area contributed by atoms with E-state index < -0.39 is 5.76 Å². The first-order valence-electron chi connectivity index (χ1n) is 10.1. The van der Waals surface area contributed by atoms with E-state index in [4.69, 9.17) is 9.15 Å². The van der Waals surface area contributed by atoms with Crippen molar-refractivity contribution in [3.63, 3.8) is 0 Å². The topological polar surface area (TPSA) is 69.1 Å². The number of ether oxygens (including phenoxy) is 1. The smallest absolute Gasteiger partial charge is 0.419 e. The Labute approximate surface area is 173 Å². The van der Waals surface area contributed by atoms with Gasteiger partial charge in [0.15, 0.2) is 5.58 Å². The zero-order valence-electron chi connectivity index (χ0n) is 16.9. The van der Waals surface area contributed by atoms with Crippen molar-refractivity contribution in [2.75, 3.05) is 33.3 Å². The number of para-hydroxylation sites is 2. The minimum Gasteiger partial charge on any atom is -0.496 e. The maximum Gasteiger partial charge on any atom is 0.419 e. The van der Waals surface area contributed by atoms with Crippen LogP contribution >= 0.6 is 0 Å². The lowest BCUT2D eigenvalue weighted by atomic mass is 10.1. The van der Waals surface area contributed by atoms with Gasteiger partial charge < -0.3 is 19.0 Å². The van der Waals surface area contributed by atoms with Gasteiger partial charge in [0.2, 0.25) is 5.91 Å². The van der Waals surface area contributed by atoms with Crippen molar-refractivity contribution >= 4 is 17.0 Å². The quantitative estimate of drug-likeness (QED) is 0.655. The van der Waals surface area contributed by atoms with Gasteiger partial charge in [-0.3, -0.25) is 9.36 Å². The molecule has 1 saturated heterocycles. The fourth-order valence-electron chi connectivity index (χ4n) is 4.00. The predicted molar refractivity (Wildman–Crippen MR) is 109 cm³/mol. The minimum atomic E-state index is -0.442. The highest BCUT2D eigenvalue weighted by molar-refractivity contribution is 5.77. The van der Waals surface area contributed by atoms with Crippen LogP contribution in [0, 0.1) is 5.82 Å². The average molecular weight is 414 g/mol. The van der Waals surface area contributed by atoms with Gasteiger partial charge in [0.05, 0.1) is 44.4 Å². The molecule has 1 aliphatic heterocycles. The van der Waals surface area contributed by atoms with Gasteiger partial charge in [0, 0.05) is 13.0 Å². The van der Waals surface area contributed by atoms with Crippen molar-refractivity contribution in [2.24, 2.45) is 0 Å². The lowest BCUT2D eigenvalue weighted by Gasteiger charge is -2.32. The molecular formula is C22H25FN3O4+. The van der Waals surface area contributed by atoms with Crippen LogP contribution in [-0.4, -0.2) is 48.7 Å². The summed E-state index contributed by atoms with van der Waals surface area (Å²) < 4.78 is 25.6. The number of rotatable bonds is 6. The Morgan fingerprint density at radius 3 is 2.73 bits per heavy atom. The van der Waals surface area contributed by atoms with Gasteiger partial charge in [0.1, 0.15) is 18.1 Å². The molecule has 2 aromatic carbocycles. The van der Waals surface area contributed by atoms with Gasteiger partial charge >= 0.3 is 5.76 Å². The second-order valence-corrected chi connectivity index (χ2v) is 7.50. The monoisotopic (exact) mass is 414 g/mol. The van der Waals surface area contributed by atoms with E-state index in [0.717, 1.165) is 18.7 Å². The number of carbonyl (C=O) groups excluding carboxylic acids is 1. The number of hydrogen-bond acceptors (Lipinski definition) is 4. The standard InChI is InChI=1S/C22H24FN3O4/c1-29-19-7-6-17(23)14-16(19)15-24-10-12-25(13-11-24)21(27)8-9-26-18-4-2-3-5-20(18)30-22(26)28/h2-7,14H,8-13,15H2,1H3/p+1. The summed E-state index contributed by atoms with van der Waals surface area (Å²) in [6, 6.07) is 11.7. The van der Waals surface area contributed by atoms with Crippen LogP contribution in [-0.2, 0) is 17.9 Å². The summed E-state index contributed by atoms with van der Waals surface area (Å²) in [5.74, 6) is -0.0157. The molecule has 1 aromatic heterocycles. The van der Waals surface area contributed by atoms with E-state index >= 15 is 0 Å². The number of methoxy groups -OCH3 is 1. The normalized spacial score (nSPS) is 14.9. The van der Waals surface area contributed by atoms with Gasteiger partial charge in [-0.05, 0) is 30.3 Å². The van der Waals surface area contributed by atoms with Crippen molar-refractivity contribution in [3.05, 3.63) is 64.4 Å². The molecule has 3 aromatic rings. The van der Waals surface area contributed by atoms with Gasteiger partial charge in [-0.15, -0.1) is 0 Å². The number of benzene rings is 2. The molecule has 158 valence electrons. The largest absolute Gasteiger partial charge is 0.496 e. The van der Waals surface area contributed by atoms with Crippen LogP contribution in [0.4, 0.5) is 4.39 Å². The van der Waals surface area contributed by atoms with Crippen LogP contribution in [0.15, 0.2) is 51.7 Å². The molecule has 0 radical (unpaired) electrons. The number of hydrogen-bond donors (Lipinski definition) is 1. The summed E-state index contributed by atoms with van der Waals surface area (Å²) in [6.45, 7) is 3.77. The lowest BCUT2D eigenvalue weighted by molar-refractivity contribution is -0.917.